The number of hydrogen-bond acceptors (Lipinski definition) is 8. The van der Waals surface area contributed by atoms with Gasteiger partial charge in [0.05, 0.1) is 11.8 Å². The summed E-state index contributed by atoms with van der Waals surface area (Å²) < 4.78 is 46.1. The van der Waals surface area contributed by atoms with Gasteiger partial charge in [0.1, 0.15) is 0 Å². The van der Waals surface area contributed by atoms with Crippen LogP contribution in [0, 0.1) is 0 Å². The Bertz CT molecular complexity index is 1310. The number of alkyl halides is 3. The van der Waals surface area contributed by atoms with Gasteiger partial charge in [0.2, 0.25) is 17.7 Å². The summed E-state index contributed by atoms with van der Waals surface area (Å²) in [6.07, 6.45) is -1.12. The molecule has 1 aliphatic heterocycles. The first kappa shape index (κ1) is 22.4. The lowest BCUT2D eigenvalue weighted by Crippen LogP contribution is -2.35. The fourth-order valence-electron chi connectivity index (χ4n) is 4.08. The molecule has 4 heterocycles. The first-order valence-electron chi connectivity index (χ1n) is 10.5. The molecule has 0 spiro atoms. The summed E-state index contributed by atoms with van der Waals surface area (Å²) in [4.78, 5) is 15.1. The van der Waals surface area contributed by atoms with Crippen molar-refractivity contribution in [2.24, 2.45) is 0 Å². The molecule has 0 saturated carbocycles. The molecule has 3 N–H and O–H groups in total. The van der Waals surface area contributed by atoms with Crippen LogP contribution in [-0.4, -0.2) is 48.6 Å². The van der Waals surface area contributed by atoms with Crippen LogP contribution in [0.2, 0.25) is 5.02 Å². The van der Waals surface area contributed by atoms with Crippen molar-refractivity contribution in [3.63, 3.8) is 0 Å². The average molecular weight is 493 g/mol. The van der Waals surface area contributed by atoms with E-state index in [1.54, 1.807) is 18.2 Å². The number of aromatic nitrogens is 5. The second kappa shape index (κ2) is 8.76. The average Bonchev–Trinajstić information content (AvgIpc) is 3.52. The van der Waals surface area contributed by atoms with Crippen molar-refractivity contribution >= 4 is 29.3 Å². The summed E-state index contributed by atoms with van der Waals surface area (Å²) >= 11 is 5.94. The van der Waals surface area contributed by atoms with E-state index in [1.165, 1.54) is 10.8 Å². The van der Waals surface area contributed by atoms with Gasteiger partial charge in [-0.05, 0) is 55.3 Å². The second-order valence-corrected chi connectivity index (χ2v) is 8.46. The molecule has 178 valence electrons. The van der Waals surface area contributed by atoms with Crippen molar-refractivity contribution in [2.45, 2.75) is 31.6 Å². The molecule has 1 saturated heterocycles. The molecule has 1 fully saturated rings. The van der Waals surface area contributed by atoms with Crippen LogP contribution in [0.4, 0.5) is 25.1 Å². The Balaban J connectivity index is 1.29. The topological polar surface area (TPSA) is 110 Å². The predicted octanol–water partition coefficient (Wildman–Crippen LogP) is 4.11. The van der Waals surface area contributed by atoms with Crippen molar-refractivity contribution in [1.82, 2.24) is 29.5 Å². The number of fused-ring (bicyclic) bond motifs is 1. The predicted molar refractivity (Wildman–Crippen MR) is 119 cm³/mol. The molecule has 0 bridgehead atoms. The minimum atomic E-state index is -4.44. The van der Waals surface area contributed by atoms with Gasteiger partial charge >= 0.3 is 6.18 Å². The zero-order valence-electron chi connectivity index (χ0n) is 17.8. The number of rotatable bonds is 6. The van der Waals surface area contributed by atoms with Gasteiger partial charge in [0.25, 0.3) is 5.78 Å². The van der Waals surface area contributed by atoms with Crippen molar-refractivity contribution in [1.29, 1.82) is 0 Å². The zero-order chi connectivity index (χ0) is 23.9. The molecule has 1 aromatic carbocycles. The number of anilines is 2. The summed E-state index contributed by atoms with van der Waals surface area (Å²) in [6, 6.07) is 7.18. The third-order valence-electron chi connectivity index (χ3n) is 5.64. The highest BCUT2D eigenvalue weighted by Gasteiger charge is 2.32. The molecule has 1 aliphatic rings. The molecule has 4 aromatic rings. The third-order valence-corrected chi connectivity index (χ3v) is 5.86. The van der Waals surface area contributed by atoms with Crippen molar-refractivity contribution in [2.75, 3.05) is 24.1 Å². The summed E-state index contributed by atoms with van der Waals surface area (Å²) in [7, 11) is 0. The number of nitrogens with one attached hydrogen (secondary N) is 1. The molecule has 1 atom stereocenters. The molecule has 0 amide bonds. The first-order valence-corrected chi connectivity index (χ1v) is 10.9. The molecule has 9 nitrogen and oxygen atoms in total. The summed E-state index contributed by atoms with van der Waals surface area (Å²) in [5.41, 5.74) is 5.79. The highest BCUT2D eigenvalue weighted by molar-refractivity contribution is 6.30. The van der Waals surface area contributed by atoms with Crippen LogP contribution in [-0.2, 0) is 12.7 Å². The van der Waals surface area contributed by atoms with Crippen LogP contribution in [0.25, 0.3) is 17.4 Å². The van der Waals surface area contributed by atoms with E-state index in [2.05, 4.69) is 30.3 Å². The number of nitrogens with zero attached hydrogens (tertiary/aromatic N) is 6. The highest BCUT2D eigenvalue weighted by atomic mass is 35.5. The normalized spacial score (nSPS) is 17.0. The lowest BCUT2D eigenvalue weighted by molar-refractivity contribution is -0.137. The van der Waals surface area contributed by atoms with Gasteiger partial charge in [-0.15, -0.1) is 5.10 Å². The Kier molecular flexibility index (Phi) is 5.78. The number of benzene rings is 1. The molecule has 0 aliphatic carbocycles. The van der Waals surface area contributed by atoms with E-state index in [0.717, 1.165) is 31.5 Å². The largest absolute Gasteiger partial charge is 0.461 e. The van der Waals surface area contributed by atoms with E-state index >= 15 is 0 Å². The van der Waals surface area contributed by atoms with E-state index in [0.29, 0.717) is 30.2 Å². The SMILES string of the molecule is Nc1nc(NCC2CCCN2Cc2cc(Cl)cc(C(F)(F)F)c2)nc2nc(-c3ccco3)nn12. The second-order valence-electron chi connectivity index (χ2n) is 8.02. The third kappa shape index (κ3) is 4.64. The summed E-state index contributed by atoms with van der Waals surface area (Å²) in [6.45, 7) is 1.61. The number of likely N-dealkylation sites (tertiary alicyclic amines) is 1. The van der Waals surface area contributed by atoms with Gasteiger partial charge in [-0.2, -0.15) is 32.6 Å². The fraction of sp³-hybridized carbons (Fsp3) is 0.333. The summed E-state index contributed by atoms with van der Waals surface area (Å²) in [5, 5.41) is 7.50. The van der Waals surface area contributed by atoms with E-state index in [1.807, 2.05) is 0 Å². The number of nitrogen functional groups attached to an aromatic ring is 1. The maximum Gasteiger partial charge on any atom is 0.416 e. The number of nitrogens with two attached hydrogens (primary N) is 1. The van der Waals surface area contributed by atoms with Gasteiger partial charge in [-0.3, -0.25) is 4.90 Å². The smallest absolute Gasteiger partial charge is 0.416 e. The lowest BCUT2D eigenvalue weighted by Gasteiger charge is -2.25. The number of furan rings is 1. The number of hydrogen-bond donors (Lipinski definition) is 2. The monoisotopic (exact) mass is 492 g/mol. The Morgan fingerprint density at radius 1 is 1.21 bits per heavy atom. The van der Waals surface area contributed by atoms with Gasteiger partial charge in [0.15, 0.2) is 5.76 Å². The molecule has 0 radical (unpaired) electrons. The highest BCUT2D eigenvalue weighted by Crippen LogP contribution is 2.33. The minimum absolute atomic E-state index is 0.0677. The molecule has 34 heavy (non-hydrogen) atoms. The van der Waals surface area contributed by atoms with Crippen LogP contribution in [0.5, 0.6) is 0 Å². The van der Waals surface area contributed by atoms with Gasteiger partial charge < -0.3 is 15.5 Å². The Morgan fingerprint density at radius 2 is 2.06 bits per heavy atom. The summed E-state index contributed by atoms with van der Waals surface area (Å²) in [5.74, 6) is 1.49. The van der Waals surface area contributed by atoms with Crippen LogP contribution < -0.4 is 11.1 Å². The van der Waals surface area contributed by atoms with Crippen LogP contribution >= 0.6 is 11.6 Å². The van der Waals surface area contributed by atoms with Gasteiger partial charge in [-0.1, -0.05) is 11.6 Å². The number of halogens is 4. The standard InChI is InChI=1S/C21H20ClF3N8O/c22-14-8-12(7-13(9-14)21(23,24)25)11-32-5-1-3-15(32)10-27-19-29-18(26)33-20(30-19)28-17(31-33)16-4-2-6-34-16/h2,4,6-9,15H,1,3,5,10-11H2,(H3,26,27,28,29,30,31). The molecule has 13 heteroatoms. The zero-order valence-corrected chi connectivity index (χ0v) is 18.5. The van der Waals surface area contributed by atoms with E-state index < -0.39 is 11.7 Å². The molecule has 5 rings (SSSR count). The van der Waals surface area contributed by atoms with Crippen LogP contribution in [0.1, 0.15) is 24.0 Å². The molecule has 1 unspecified atom stereocenters. The van der Waals surface area contributed by atoms with E-state index in [-0.39, 0.29) is 28.7 Å². The Hall–Kier alpha value is -3.38. The van der Waals surface area contributed by atoms with E-state index in [4.69, 9.17) is 21.8 Å². The minimum Gasteiger partial charge on any atom is -0.461 e. The van der Waals surface area contributed by atoms with Crippen molar-refractivity contribution in [3.8, 4) is 11.6 Å². The quantitative estimate of drug-likeness (QED) is 0.414. The maximum atomic E-state index is 13.1. The Morgan fingerprint density at radius 3 is 2.82 bits per heavy atom. The van der Waals surface area contributed by atoms with Gasteiger partial charge in [0, 0.05) is 24.2 Å². The lowest BCUT2D eigenvalue weighted by atomic mass is 10.1. The van der Waals surface area contributed by atoms with Crippen molar-refractivity contribution < 1.29 is 17.6 Å². The Labute approximate surface area is 196 Å². The van der Waals surface area contributed by atoms with Crippen molar-refractivity contribution in [3.05, 3.63) is 52.7 Å². The molecule has 3 aromatic heterocycles. The fourth-order valence-corrected chi connectivity index (χ4v) is 4.34. The molecular formula is C21H20ClF3N8O. The van der Waals surface area contributed by atoms with E-state index in [9.17, 15) is 13.2 Å². The van der Waals surface area contributed by atoms with Gasteiger partial charge in [-0.25, -0.2) is 0 Å². The van der Waals surface area contributed by atoms with Crippen LogP contribution in [0.15, 0.2) is 41.0 Å². The maximum absolute atomic E-state index is 13.1. The first-order chi connectivity index (χ1) is 16.3. The van der Waals surface area contributed by atoms with Crippen LogP contribution in [0.3, 0.4) is 0 Å². The molecular weight excluding hydrogens is 473 g/mol.